The Hall–Kier alpha value is -4.13. The Morgan fingerprint density at radius 2 is 1.97 bits per heavy atom. The zero-order chi connectivity index (χ0) is 27.5. The van der Waals surface area contributed by atoms with Crippen LogP contribution in [0.5, 0.6) is 0 Å². The van der Waals surface area contributed by atoms with Crippen molar-refractivity contribution in [3.8, 4) is 11.3 Å². The number of hydrogen-bond acceptors (Lipinski definition) is 8. The van der Waals surface area contributed by atoms with Gasteiger partial charge in [0.25, 0.3) is 11.8 Å². The number of nitrogens with zero attached hydrogens (tertiary/aromatic N) is 3. The van der Waals surface area contributed by atoms with E-state index < -0.39 is 6.04 Å². The average molecular weight is 563 g/mol. The Bertz CT molecular complexity index is 1670. The van der Waals surface area contributed by atoms with Crippen LogP contribution in [0, 0.1) is 0 Å². The van der Waals surface area contributed by atoms with Crippen molar-refractivity contribution in [1.82, 2.24) is 25.0 Å². The molecule has 4 aromatic heterocycles. The molecule has 0 saturated heterocycles. The lowest BCUT2D eigenvalue weighted by atomic mass is 10.1. The van der Waals surface area contributed by atoms with Gasteiger partial charge in [0.05, 0.1) is 28.4 Å². The van der Waals surface area contributed by atoms with Gasteiger partial charge in [0.2, 0.25) is 5.91 Å². The van der Waals surface area contributed by atoms with E-state index in [4.69, 9.17) is 4.98 Å². The third-order valence-electron chi connectivity index (χ3n) is 6.14. The molecule has 0 bridgehead atoms. The number of carbonyl (C=O) groups excluding carboxylic acids is 3. The average Bonchev–Trinajstić information content (AvgIpc) is 3.67. The lowest BCUT2D eigenvalue weighted by Crippen LogP contribution is -2.37. The van der Waals surface area contributed by atoms with E-state index in [9.17, 15) is 19.5 Å². The first kappa shape index (κ1) is 26.5. The number of benzene rings is 1. The molecule has 5 rings (SSSR count). The summed E-state index contributed by atoms with van der Waals surface area (Å²) < 4.78 is 2.51. The van der Waals surface area contributed by atoms with Crippen LogP contribution in [0.2, 0.25) is 0 Å². The first-order valence-corrected chi connectivity index (χ1v) is 14.0. The van der Waals surface area contributed by atoms with E-state index in [1.807, 2.05) is 41.9 Å². The van der Waals surface area contributed by atoms with Crippen LogP contribution >= 0.6 is 22.7 Å². The van der Waals surface area contributed by atoms with Crippen molar-refractivity contribution < 1.29 is 19.5 Å². The van der Waals surface area contributed by atoms with E-state index in [0.29, 0.717) is 34.2 Å². The van der Waals surface area contributed by atoms with Crippen LogP contribution in [0.15, 0.2) is 53.4 Å². The number of rotatable bonds is 9. The van der Waals surface area contributed by atoms with E-state index in [2.05, 4.69) is 20.9 Å². The Balaban J connectivity index is 1.43. The molecule has 0 spiro atoms. The lowest BCUT2D eigenvalue weighted by molar-refractivity contribution is -0.114. The van der Waals surface area contributed by atoms with Crippen molar-refractivity contribution in [1.29, 1.82) is 0 Å². The number of fused-ring (bicyclic) bond motifs is 2. The number of hydrogen-bond donors (Lipinski definition) is 4. The fraction of sp³-hybridized carbons (Fsp3) is 0.222. The summed E-state index contributed by atoms with van der Waals surface area (Å²) in [4.78, 5) is 47.1. The third-order valence-corrected chi connectivity index (χ3v) is 7.76. The molecule has 0 aliphatic rings. The number of carbonyl (C=O) groups is 3. The van der Waals surface area contributed by atoms with Crippen molar-refractivity contribution in [3.63, 3.8) is 0 Å². The number of aliphatic hydroxyl groups is 1. The monoisotopic (exact) mass is 562 g/mol. The fourth-order valence-corrected chi connectivity index (χ4v) is 5.77. The number of aromatic nitrogens is 3. The summed E-state index contributed by atoms with van der Waals surface area (Å²) in [6.45, 7) is 3.40. The van der Waals surface area contributed by atoms with Crippen molar-refractivity contribution >= 4 is 61.4 Å². The van der Waals surface area contributed by atoms with Crippen molar-refractivity contribution in [3.05, 3.63) is 70.2 Å². The number of anilines is 1. The van der Waals surface area contributed by atoms with Crippen LogP contribution in [0.1, 0.15) is 46.7 Å². The minimum Gasteiger partial charge on any atom is -0.394 e. The molecular weight excluding hydrogens is 536 g/mol. The van der Waals surface area contributed by atoms with E-state index in [0.717, 1.165) is 21.3 Å². The molecule has 0 aliphatic heterocycles. The van der Waals surface area contributed by atoms with Gasteiger partial charge in [0, 0.05) is 30.6 Å². The molecule has 5 aromatic rings. The van der Waals surface area contributed by atoms with Gasteiger partial charge < -0.3 is 21.1 Å². The largest absolute Gasteiger partial charge is 0.394 e. The molecule has 3 amide bonds. The highest BCUT2D eigenvalue weighted by Gasteiger charge is 2.25. The van der Waals surface area contributed by atoms with Crippen LogP contribution < -0.4 is 16.0 Å². The Labute approximate surface area is 231 Å². The van der Waals surface area contributed by atoms with Crippen LogP contribution in [0.3, 0.4) is 0 Å². The number of nitrogens with one attached hydrogen (secondary N) is 3. The number of amides is 3. The molecule has 0 aliphatic carbocycles. The minimum absolute atomic E-state index is 0.178. The second kappa shape index (κ2) is 11.3. The molecule has 0 unspecified atom stereocenters. The maximum atomic E-state index is 13.3. The first-order valence-electron chi connectivity index (χ1n) is 12.3. The summed E-state index contributed by atoms with van der Waals surface area (Å²) in [5.74, 6) is -0.894. The molecule has 1 atom stereocenters. The molecule has 12 heteroatoms. The van der Waals surface area contributed by atoms with Crippen molar-refractivity contribution in [2.24, 2.45) is 0 Å². The quantitative estimate of drug-likeness (QED) is 0.214. The maximum absolute atomic E-state index is 13.3. The van der Waals surface area contributed by atoms with Crippen molar-refractivity contribution in [2.45, 2.75) is 32.9 Å². The minimum atomic E-state index is -0.393. The molecule has 0 saturated carbocycles. The Kier molecular flexibility index (Phi) is 7.68. The molecule has 0 radical (unpaired) electrons. The standard InChI is InChI=1S/C27H26N6O4S2/c1-3-18(13-34)30-26(37)23-22(17-8-10-38-14-17)32-24-19(5-4-9-33(23)24)25(36)28-12-16-6-7-20-21(11-16)39-27(31-20)29-15(2)35/h4-11,14,18,34H,3,12-13H2,1-2H3,(H,28,36)(H,30,37)(H,29,31,35)/t18-/m0/s1. The maximum Gasteiger partial charge on any atom is 0.270 e. The zero-order valence-electron chi connectivity index (χ0n) is 21.2. The van der Waals surface area contributed by atoms with Gasteiger partial charge in [-0.1, -0.05) is 24.3 Å². The molecule has 39 heavy (non-hydrogen) atoms. The van der Waals surface area contributed by atoms with E-state index in [1.165, 1.54) is 29.6 Å². The van der Waals surface area contributed by atoms with Gasteiger partial charge in [-0.25, -0.2) is 9.97 Å². The second-order valence-corrected chi connectivity index (χ2v) is 10.7. The van der Waals surface area contributed by atoms with Crippen LogP contribution in [-0.4, -0.2) is 49.8 Å². The number of imidazole rings is 1. The fourth-order valence-electron chi connectivity index (χ4n) is 4.15. The van der Waals surface area contributed by atoms with E-state index in [1.54, 1.807) is 22.7 Å². The van der Waals surface area contributed by atoms with Gasteiger partial charge >= 0.3 is 0 Å². The molecule has 200 valence electrons. The van der Waals surface area contributed by atoms with E-state index >= 15 is 0 Å². The SMILES string of the molecule is CC[C@@H](CO)NC(=O)c1c(-c2ccsc2)nc2c(C(=O)NCc3ccc4nc(NC(C)=O)sc4c3)cccn12. The number of aliphatic hydroxyl groups excluding tert-OH is 1. The molecular formula is C27H26N6O4S2. The summed E-state index contributed by atoms with van der Waals surface area (Å²) in [6, 6.07) is 10.5. The van der Waals surface area contributed by atoms with Gasteiger partial charge in [-0.2, -0.15) is 11.3 Å². The Morgan fingerprint density at radius 3 is 2.69 bits per heavy atom. The third kappa shape index (κ3) is 5.53. The van der Waals surface area contributed by atoms with Gasteiger partial charge in [-0.3, -0.25) is 18.8 Å². The van der Waals surface area contributed by atoms with E-state index in [-0.39, 0.29) is 30.9 Å². The molecule has 1 aromatic carbocycles. The normalized spacial score (nSPS) is 12.0. The number of thiazole rings is 1. The summed E-state index contributed by atoms with van der Waals surface area (Å²) in [6.07, 6.45) is 2.27. The van der Waals surface area contributed by atoms with Gasteiger partial charge in [0.1, 0.15) is 11.4 Å². The van der Waals surface area contributed by atoms with Crippen LogP contribution in [0.4, 0.5) is 5.13 Å². The summed E-state index contributed by atoms with van der Waals surface area (Å²) in [5.41, 5.74) is 3.86. The molecule has 4 N–H and O–H groups in total. The molecule has 0 fully saturated rings. The summed E-state index contributed by atoms with van der Waals surface area (Å²) in [7, 11) is 0. The second-order valence-electron chi connectivity index (χ2n) is 8.88. The highest BCUT2D eigenvalue weighted by atomic mass is 32.1. The summed E-state index contributed by atoms with van der Waals surface area (Å²) in [5, 5.41) is 22.4. The van der Waals surface area contributed by atoms with Gasteiger partial charge in [-0.05, 0) is 47.7 Å². The van der Waals surface area contributed by atoms with Gasteiger partial charge in [0.15, 0.2) is 10.8 Å². The number of pyridine rings is 1. The predicted molar refractivity (Wildman–Crippen MR) is 152 cm³/mol. The first-order chi connectivity index (χ1) is 18.9. The van der Waals surface area contributed by atoms with Crippen LogP contribution in [0.25, 0.3) is 27.1 Å². The van der Waals surface area contributed by atoms with Gasteiger partial charge in [-0.15, -0.1) is 0 Å². The zero-order valence-corrected chi connectivity index (χ0v) is 22.9. The molecule has 10 nitrogen and oxygen atoms in total. The predicted octanol–water partition coefficient (Wildman–Crippen LogP) is 4.06. The molecule has 4 heterocycles. The van der Waals surface area contributed by atoms with Crippen molar-refractivity contribution in [2.75, 3.05) is 11.9 Å². The summed E-state index contributed by atoms with van der Waals surface area (Å²) >= 11 is 2.85. The highest BCUT2D eigenvalue weighted by molar-refractivity contribution is 7.22. The Morgan fingerprint density at radius 1 is 1.13 bits per heavy atom. The van der Waals surface area contributed by atoms with Crippen LogP contribution in [-0.2, 0) is 11.3 Å². The lowest BCUT2D eigenvalue weighted by Gasteiger charge is -2.14. The smallest absolute Gasteiger partial charge is 0.270 e. The highest BCUT2D eigenvalue weighted by Crippen LogP contribution is 2.29. The topological polar surface area (TPSA) is 138 Å². The number of thiophene rings is 1.